The zero-order chi connectivity index (χ0) is 23.4. The van der Waals surface area contributed by atoms with Gasteiger partial charge in [0.2, 0.25) is 0 Å². The highest BCUT2D eigenvalue weighted by Gasteiger charge is 2.49. The Bertz CT molecular complexity index is 1090. The second kappa shape index (κ2) is 10.0. The normalized spacial score (nSPS) is 16.8. The second-order valence-corrected chi connectivity index (χ2v) is 9.85. The minimum absolute atomic E-state index is 0.250. The number of hydrogen-bond acceptors (Lipinski definition) is 5. The number of carboxylic acid groups (broad SMARTS) is 1. The van der Waals surface area contributed by atoms with Crippen molar-refractivity contribution in [3.8, 4) is 16.9 Å². The smallest absolute Gasteiger partial charge is 0.330 e. The van der Waals surface area contributed by atoms with Gasteiger partial charge in [0.1, 0.15) is 5.75 Å². The first kappa shape index (κ1) is 23.4. The van der Waals surface area contributed by atoms with Crippen LogP contribution in [0.2, 0.25) is 0 Å². The quantitative estimate of drug-likeness (QED) is 0.456. The molecule has 3 aromatic rings. The molecule has 2 aromatic carbocycles. The molecule has 0 amide bonds. The molecule has 1 aromatic heterocycles. The van der Waals surface area contributed by atoms with Crippen LogP contribution in [-0.2, 0) is 22.6 Å². The minimum atomic E-state index is -2.49. The van der Waals surface area contributed by atoms with Gasteiger partial charge in [-0.25, -0.2) is 9.00 Å². The van der Waals surface area contributed by atoms with Crippen molar-refractivity contribution in [2.24, 2.45) is 0 Å². The fourth-order valence-electron chi connectivity index (χ4n) is 4.27. The third kappa shape index (κ3) is 4.96. The van der Waals surface area contributed by atoms with E-state index >= 15 is 0 Å². The SMILES string of the molecule is COc1ccc(-c2ccc(N(S(=O)O)C3(C(=O)O)CCN(Cc4cccs4)CC3)cc2)cc1. The van der Waals surface area contributed by atoms with Gasteiger partial charge in [0, 0.05) is 24.5 Å². The predicted molar refractivity (Wildman–Crippen MR) is 131 cm³/mol. The van der Waals surface area contributed by atoms with Gasteiger partial charge in [-0.3, -0.25) is 13.8 Å². The number of rotatable bonds is 8. The number of aliphatic carboxylic acids is 1. The molecule has 174 valence electrons. The minimum Gasteiger partial charge on any atom is -0.497 e. The predicted octanol–water partition coefficient (Wildman–Crippen LogP) is 4.49. The zero-order valence-electron chi connectivity index (χ0n) is 18.2. The lowest BCUT2D eigenvalue weighted by Crippen LogP contribution is -2.60. The monoisotopic (exact) mass is 486 g/mol. The number of piperidine rings is 1. The summed E-state index contributed by atoms with van der Waals surface area (Å²) in [5, 5.41) is 12.2. The van der Waals surface area contributed by atoms with Crippen molar-refractivity contribution >= 4 is 34.3 Å². The highest BCUT2D eigenvalue weighted by molar-refractivity contribution is 7.80. The number of methoxy groups -OCH3 is 1. The Morgan fingerprint density at radius 3 is 2.18 bits per heavy atom. The molecule has 1 atom stereocenters. The highest BCUT2D eigenvalue weighted by atomic mass is 32.2. The maximum atomic E-state index is 12.5. The van der Waals surface area contributed by atoms with Crippen LogP contribution in [0.3, 0.4) is 0 Å². The Morgan fingerprint density at radius 2 is 1.70 bits per heavy atom. The molecule has 2 N–H and O–H groups in total. The summed E-state index contributed by atoms with van der Waals surface area (Å²) >= 11 is -0.822. The van der Waals surface area contributed by atoms with E-state index in [2.05, 4.69) is 11.0 Å². The van der Waals surface area contributed by atoms with Crippen LogP contribution in [0.25, 0.3) is 11.1 Å². The maximum absolute atomic E-state index is 12.5. The van der Waals surface area contributed by atoms with Crippen molar-refractivity contribution in [3.05, 3.63) is 70.9 Å². The summed E-state index contributed by atoms with van der Waals surface area (Å²) in [4.78, 5) is 15.9. The van der Waals surface area contributed by atoms with Crippen LogP contribution in [0.5, 0.6) is 5.75 Å². The molecule has 0 bridgehead atoms. The van der Waals surface area contributed by atoms with Crippen molar-refractivity contribution in [1.29, 1.82) is 0 Å². The van der Waals surface area contributed by atoms with Crippen LogP contribution in [0.1, 0.15) is 17.7 Å². The fourth-order valence-corrected chi connectivity index (χ4v) is 5.88. The van der Waals surface area contributed by atoms with Crippen molar-refractivity contribution in [2.75, 3.05) is 24.5 Å². The number of likely N-dealkylation sites (tertiary alicyclic amines) is 1. The average molecular weight is 487 g/mol. The summed E-state index contributed by atoms with van der Waals surface area (Å²) in [5.74, 6) is -0.328. The molecular weight excluding hydrogens is 460 g/mol. The van der Waals surface area contributed by atoms with Crippen molar-refractivity contribution in [1.82, 2.24) is 4.90 Å². The van der Waals surface area contributed by atoms with Gasteiger partial charge in [0.25, 0.3) is 11.3 Å². The van der Waals surface area contributed by atoms with E-state index in [9.17, 15) is 18.7 Å². The largest absolute Gasteiger partial charge is 0.497 e. The van der Waals surface area contributed by atoms with Crippen LogP contribution in [0.15, 0.2) is 66.0 Å². The van der Waals surface area contributed by atoms with E-state index < -0.39 is 22.8 Å². The van der Waals surface area contributed by atoms with Gasteiger partial charge < -0.3 is 9.84 Å². The van der Waals surface area contributed by atoms with Crippen LogP contribution in [-0.4, -0.2) is 50.5 Å². The Kier molecular flexibility index (Phi) is 7.14. The molecule has 1 unspecified atom stereocenters. The molecule has 1 aliphatic heterocycles. The summed E-state index contributed by atoms with van der Waals surface area (Å²) in [6.07, 6.45) is 0.500. The molecule has 0 spiro atoms. The highest BCUT2D eigenvalue weighted by Crippen LogP contribution is 2.36. The Morgan fingerprint density at radius 1 is 1.09 bits per heavy atom. The first-order valence-electron chi connectivity index (χ1n) is 10.6. The van der Waals surface area contributed by atoms with Gasteiger partial charge in [-0.1, -0.05) is 30.3 Å². The van der Waals surface area contributed by atoms with Gasteiger partial charge >= 0.3 is 5.97 Å². The molecule has 1 fully saturated rings. The molecule has 0 saturated carbocycles. The van der Waals surface area contributed by atoms with Crippen molar-refractivity contribution in [2.45, 2.75) is 24.9 Å². The van der Waals surface area contributed by atoms with Crippen LogP contribution in [0.4, 0.5) is 5.69 Å². The Hall–Kier alpha value is -2.72. The van der Waals surface area contributed by atoms with Crippen LogP contribution < -0.4 is 9.04 Å². The zero-order valence-corrected chi connectivity index (χ0v) is 19.8. The Balaban J connectivity index is 1.56. The number of carbonyl (C=O) groups is 1. The number of ether oxygens (including phenoxy) is 1. The van der Waals surface area contributed by atoms with E-state index in [1.165, 1.54) is 4.88 Å². The lowest BCUT2D eigenvalue weighted by Gasteiger charge is -2.44. The summed E-state index contributed by atoms with van der Waals surface area (Å²) in [5.41, 5.74) is 0.837. The lowest BCUT2D eigenvalue weighted by atomic mass is 9.87. The molecule has 4 rings (SSSR count). The molecule has 9 heteroatoms. The maximum Gasteiger partial charge on any atom is 0.330 e. The number of hydrogen-bond donors (Lipinski definition) is 2. The molecule has 2 heterocycles. The molecule has 33 heavy (non-hydrogen) atoms. The standard InChI is InChI=1S/C24H26N2O5S2/c1-31-21-10-6-19(7-11-21)18-4-8-20(9-5-18)26(33(29)30)24(23(27)28)12-14-25(15-13-24)17-22-3-2-16-32-22/h2-11,16H,12-15,17H2,1H3,(H,27,28)(H,29,30). The van der Waals surface area contributed by atoms with Crippen molar-refractivity contribution < 1.29 is 23.4 Å². The van der Waals surface area contributed by atoms with E-state index in [0.29, 0.717) is 18.8 Å². The third-order valence-electron chi connectivity index (χ3n) is 6.11. The summed E-state index contributed by atoms with van der Waals surface area (Å²) in [7, 11) is 1.61. The van der Waals surface area contributed by atoms with E-state index in [0.717, 1.165) is 27.7 Å². The summed E-state index contributed by atoms with van der Waals surface area (Å²) < 4.78 is 28.9. The van der Waals surface area contributed by atoms with Gasteiger partial charge in [-0.05, 0) is 59.7 Å². The molecule has 1 saturated heterocycles. The fraction of sp³-hybridized carbons (Fsp3) is 0.292. The number of nitrogens with zero attached hydrogens (tertiary/aromatic N) is 2. The molecule has 7 nitrogen and oxygen atoms in total. The first-order chi connectivity index (χ1) is 15.9. The second-order valence-electron chi connectivity index (χ2n) is 7.99. The van der Waals surface area contributed by atoms with E-state index in [4.69, 9.17) is 4.74 Å². The molecule has 0 aliphatic carbocycles. The average Bonchev–Trinajstić information content (AvgIpc) is 3.34. The lowest BCUT2D eigenvalue weighted by molar-refractivity contribution is -0.144. The molecular formula is C24H26N2O5S2. The van der Waals surface area contributed by atoms with Crippen LogP contribution >= 0.6 is 11.3 Å². The first-order valence-corrected chi connectivity index (χ1v) is 12.5. The van der Waals surface area contributed by atoms with Gasteiger partial charge in [-0.2, -0.15) is 0 Å². The van der Waals surface area contributed by atoms with Crippen molar-refractivity contribution in [3.63, 3.8) is 0 Å². The number of anilines is 1. The van der Waals surface area contributed by atoms with Crippen LogP contribution in [0, 0.1) is 0 Å². The number of thiophene rings is 1. The summed E-state index contributed by atoms with van der Waals surface area (Å²) in [6, 6.07) is 18.7. The molecule has 0 radical (unpaired) electrons. The third-order valence-corrected chi connectivity index (χ3v) is 7.84. The Labute approximate surface area is 199 Å². The topological polar surface area (TPSA) is 90.3 Å². The van der Waals surface area contributed by atoms with Gasteiger partial charge in [0.05, 0.1) is 12.8 Å². The van der Waals surface area contributed by atoms with E-state index in [1.807, 2.05) is 47.8 Å². The summed E-state index contributed by atoms with van der Waals surface area (Å²) in [6.45, 7) is 1.82. The number of carboxylic acids is 1. The van der Waals surface area contributed by atoms with E-state index in [1.54, 1.807) is 30.6 Å². The van der Waals surface area contributed by atoms with E-state index in [-0.39, 0.29) is 12.8 Å². The van der Waals surface area contributed by atoms with Gasteiger partial charge in [0.15, 0.2) is 5.54 Å². The molecule has 1 aliphatic rings. The van der Waals surface area contributed by atoms with Gasteiger partial charge in [-0.15, -0.1) is 11.3 Å². The number of benzene rings is 2.